The molecule has 0 atom stereocenters. The topological polar surface area (TPSA) is 30.2 Å². The first-order valence-corrected chi connectivity index (χ1v) is 14.4. The van der Waals surface area contributed by atoms with Gasteiger partial charge in [-0.05, 0) is 0 Å². The minimum atomic E-state index is -2.02. The quantitative estimate of drug-likeness (QED) is 0.737. The van der Waals surface area contributed by atoms with Crippen LogP contribution in [0.2, 0.25) is 14.8 Å². The Morgan fingerprint density at radius 1 is 1.23 bits per heavy atom. The number of hydrogen-bond acceptors (Lipinski definition) is 2. The molecule has 3 nitrogen and oxygen atoms in total. The second kappa shape index (κ2) is 2.97. The van der Waals surface area contributed by atoms with Crippen molar-refractivity contribution in [2.45, 2.75) is 14.8 Å². The maximum atomic E-state index is 4.24. The second-order valence-electron chi connectivity index (χ2n) is 4.19. The molecule has 0 N–H and O–H groups in total. The van der Waals surface area contributed by atoms with Crippen LogP contribution in [0.5, 0.6) is 0 Å². The van der Waals surface area contributed by atoms with Crippen LogP contribution in [0.3, 0.4) is 0 Å². The van der Waals surface area contributed by atoms with Gasteiger partial charge in [0.25, 0.3) is 0 Å². The van der Waals surface area contributed by atoms with Crippen LogP contribution in [0.15, 0.2) is 24.5 Å². The maximum absolute atomic E-state index is 4.24. The molecule has 0 aliphatic rings. The summed E-state index contributed by atoms with van der Waals surface area (Å²) in [4.78, 5) is 11.3. The van der Waals surface area contributed by atoms with Crippen LogP contribution in [0.1, 0.15) is 0 Å². The van der Waals surface area contributed by atoms with E-state index >= 15 is 0 Å². The zero-order valence-corrected chi connectivity index (χ0v) is 11.0. The molecule has 0 saturated heterocycles. The summed E-state index contributed by atoms with van der Waals surface area (Å²) in [7, 11) is 0. The van der Waals surface area contributed by atoms with Crippen LogP contribution >= 0.6 is 0 Å². The van der Waals surface area contributed by atoms with E-state index in [2.05, 4.69) is 37.0 Å². The van der Waals surface area contributed by atoms with E-state index in [-0.39, 0.29) is 0 Å². The van der Waals surface area contributed by atoms with E-state index in [9.17, 15) is 0 Å². The van der Waals surface area contributed by atoms with Crippen LogP contribution in [-0.2, 0) is 0 Å². The summed E-state index contributed by atoms with van der Waals surface area (Å²) in [6.07, 6.45) is 1.62. The summed E-state index contributed by atoms with van der Waals surface area (Å²) in [5, 5.41) is 4.24. The third-order valence-corrected chi connectivity index (χ3v) is 7.54. The zero-order valence-electron chi connectivity index (χ0n) is 8.15. The van der Waals surface area contributed by atoms with E-state index in [0.29, 0.717) is 0 Å². The molecule has 0 aromatic carbocycles. The van der Waals surface area contributed by atoms with Crippen molar-refractivity contribution >= 4 is 27.7 Å². The van der Waals surface area contributed by atoms with Gasteiger partial charge in [-0.25, -0.2) is 0 Å². The minimum absolute atomic E-state index is 0.962. The van der Waals surface area contributed by atoms with Crippen molar-refractivity contribution in [2.75, 3.05) is 0 Å². The van der Waals surface area contributed by atoms with Gasteiger partial charge in [0.1, 0.15) is 0 Å². The Balaban J connectivity index is 2.75. The van der Waals surface area contributed by atoms with Gasteiger partial charge in [-0.15, -0.1) is 0 Å². The fraction of sp³-hybridized carbons (Fsp3) is 0.333. The predicted molar refractivity (Wildman–Crippen MR) is 56.0 cm³/mol. The summed E-state index contributed by atoms with van der Waals surface area (Å²) in [5.74, 6) is 0. The Labute approximate surface area is 81.7 Å². The number of hydrogen-bond donors (Lipinski definition) is 0. The van der Waals surface area contributed by atoms with Crippen LogP contribution < -0.4 is 3.71 Å². The van der Waals surface area contributed by atoms with Crippen molar-refractivity contribution in [1.82, 2.24) is 14.6 Å². The van der Waals surface area contributed by atoms with Gasteiger partial charge in [-0.2, -0.15) is 0 Å². The summed E-state index contributed by atoms with van der Waals surface area (Å²) in [6, 6.07) is 6.24. The Morgan fingerprint density at radius 3 is 2.69 bits per heavy atom. The third-order valence-electron chi connectivity index (χ3n) is 2.07. The first-order chi connectivity index (χ1) is 6.09. The van der Waals surface area contributed by atoms with Crippen molar-refractivity contribution in [1.29, 1.82) is 0 Å². The van der Waals surface area contributed by atoms with E-state index in [1.165, 1.54) is 3.71 Å². The molecular weight excluding hydrogens is 269 g/mol. The summed E-state index contributed by atoms with van der Waals surface area (Å²) < 4.78 is 3.38. The molecule has 0 saturated carbocycles. The molecule has 0 aliphatic heterocycles. The van der Waals surface area contributed by atoms with Gasteiger partial charge in [-0.1, -0.05) is 0 Å². The molecule has 4 heteroatoms. The number of rotatable bonds is 1. The standard InChI is InChI=1S/C6H4N3.3CH3.Sn/c1-2-4-9-6(3-1)7-5-8-9;;;;/h1-3,5H;3*1H3;. The van der Waals surface area contributed by atoms with Gasteiger partial charge < -0.3 is 0 Å². The fourth-order valence-electron chi connectivity index (χ4n) is 1.41. The normalized spacial score (nSPS) is 12.2. The number of aromatic nitrogens is 3. The van der Waals surface area contributed by atoms with Crippen LogP contribution in [0.4, 0.5) is 0 Å². The van der Waals surface area contributed by atoms with Gasteiger partial charge in [0.15, 0.2) is 0 Å². The van der Waals surface area contributed by atoms with Gasteiger partial charge in [0.2, 0.25) is 0 Å². The average molecular weight is 282 g/mol. The van der Waals surface area contributed by atoms with Gasteiger partial charge in [0.05, 0.1) is 0 Å². The SMILES string of the molecule is [CH3][Sn]([CH3])([CH3])[c]1cccc2ncnn12. The van der Waals surface area contributed by atoms with Crippen molar-refractivity contribution in [2.24, 2.45) is 0 Å². The first-order valence-electron chi connectivity index (χ1n) is 4.38. The molecule has 2 heterocycles. The van der Waals surface area contributed by atoms with E-state index < -0.39 is 18.4 Å². The van der Waals surface area contributed by atoms with Crippen molar-refractivity contribution in [3.63, 3.8) is 0 Å². The van der Waals surface area contributed by atoms with E-state index in [1.54, 1.807) is 6.33 Å². The number of pyridine rings is 1. The molecule has 13 heavy (non-hydrogen) atoms. The van der Waals surface area contributed by atoms with Crippen molar-refractivity contribution in [3.05, 3.63) is 24.5 Å². The molecule has 0 unspecified atom stereocenters. The molecule has 68 valence electrons. The molecule has 0 aliphatic carbocycles. The van der Waals surface area contributed by atoms with E-state index in [4.69, 9.17) is 0 Å². The van der Waals surface area contributed by atoms with Gasteiger partial charge in [-0.3, -0.25) is 0 Å². The molecule has 0 bridgehead atoms. The number of fused-ring (bicyclic) bond motifs is 1. The van der Waals surface area contributed by atoms with Crippen LogP contribution in [-0.4, -0.2) is 33.0 Å². The summed E-state index contributed by atoms with van der Waals surface area (Å²) in [5.41, 5.74) is 0.962. The monoisotopic (exact) mass is 283 g/mol. The Kier molecular flexibility index (Phi) is 2.06. The molecule has 2 aromatic rings. The Bertz CT molecular complexity index is 428. The third kappa shape index (κ3) is 1.57. The molecule has 0 spiro atoms. The van der Waals surface area contributed by atoms with Gasteiger partial charge in [0, 0.05) is 0 Å². The predicted octanol–water partition coefficient (Wildman–Crippen LogP) is 1.27. The van der Waals surface area contributed by atoms with E-state index in [1.807, 2.05) is 10.6 Å². The number of nitrogens with zero attached hydrogens (tertiary/aromatic N) is 3. The molecule has 0 amide bonds. The zero-order chi connectivity index (χ0) is 9.47. The Hall–Kier alpha value is -0.581. The van der Waals surface area contributed by atoms with E-state index in [0.717, 1.165) is 5.65 Å². The summed E-state index contributed by atoms with van der Waals surface area (Å²) >= 11 is -2.02. The van der Waals surface area contributed by atoms with Crippen LogP contribution in [0, 0.1) is 0 Å². The second-order valence-corrected chi connectivity index (χ2v) is 18.5. The first kappa shape index (κ1) is 8.99. The molecular formula is C9H13N3Sn. The van der Waals surface area contributed by atoms with Crippen molar-refractivity contribution < 1.29 is 0 Å². The van der Waals surface area contributed by atoms with Crippen LogP contribution in [0.25, 0.3) is 5.65 Å². The molecule has 2 rings (SSSR count). The summed E-state index contributed by atoms with van der Waals surface area (Å²) in [6.45, 7) is 0. The van der Waals surface area contributed by atoms with Crippen molar-refractivity contribution in [3.8, 4) is 0 Å². The molecule has 2 aromatic heterocycles. The fourth-order valence-corrected chi connectivity index (χ4v) is 5.42. The molecule has 0 fully saturated rings. The molecule has 0 radical (unpaired) electrons. The average Bonchev–Trinajstić information content (AvgIpc) is 2.48. The Morgan fingerprint density at radius 2 is 2.00 bits per heavy atom. The van der Waals surface area contributed by atoms with Gasteiger partial charge >= 0.3 is 81.7 Å².